The summed E-state index contributed by atoms with van der Waals surface area (Å²) in [5.74, 6) is 0. The molecule has 0 aliphatic carbocycles. The number of hydrogen-bond acceptors (Lipinski definition) is 2. The first kappa shape index (κ1) is 47.4. The minimum atomic E-state index is -4.61. The number of halogens is 6. The van der Waals surface area contributed by atoms with Crippen LogP contribution >= 0.6 is 0 Å². The van der Waals surface area contributed by atoms with Gasteiger partial charge in [0.1, 0.15) is 0 Å². The van der Waals surface area contributed by atoms with E-state index in [1.807, 2.05) is 120 Å². The van der Waals surface area contributed by atoms with E-state index in [2.05, 4.69) is 24.3 Å². The quantitative estimate of drug-likeness (QED) is 0.149. The van der Waals surface area contributed by atoms with Gasteiger partial charge in [-0.1, -0.05) is 133 Å². The summed E-state index contributed by atoms with van der Waals surface area (Å²) < 4.78 is 91.3. The van der Waals surface area contributed by atoms with E-state index in [-0.39, 0.29) is 22.3 Å². The summed E-state index contributed by atoms with van der Waals surface area (Å²) in [6.07, 6.45) is -9.22. The first-order valence-electron chi connectivity index (χ1n) is 24.4. The Hall–Kier alpha value is -9.64. The number of fused-ring (bicyclic) bond motifs is 6. The van der Waals surface area contributed by atoms with Gasteiger partial charge in [-0.2, -0.15) is 36.9 Å². The molecule has 0 N–H and O–H groups in total. The maximum atomic E-state index is 14.6. The number of hydrogen-bond donors (Lipinski definition) is 0. The highest BCUT2D eigenvalue weighted by atomic mass is 19.4. The number of nitrogens with zero attached hydrogens (tertiary/aromatic N) is 4. The van der Waals surface area contributed by atoms with Crippen molar-refractivity contribution in [1.29, 1.82) is 10.5 Å². The first-order chi connectivity index (χ1) is 36.7. The van der Waals surface area contributed by atoms with Crippen LogP contribution in [0.15, 0.2) is 206 Å². The molecule has 4 nitrogen and oxygen atoms in total. The van der Waals surface area contributed by atoms with E-state index in [0.29, 0.717) is 44.7 Å². The van der Waals surface area contributed by atoms with Crippen LogP contribution in [0.3, 0.4) is 0 Å². The van der Waals surface area contributed by atoms with Crippen LogP contribution < -0.4 is 0 Å². The van der Waals surface area contributed by atoms with Gasteiger partial charge in [0, 0.05) is 44.0 Å². The Labute approximate surface area is 432 Å². The first-order valence-corrected chi connectivity index (χ1v) is 24.4. The van der Waals surface area contributed by atoms with Crippen molar-refractivity contribution in [3.8, 4) is 79.1 Å². The summed E-state index contributed by atoms with van der Waals surface area (Å²) in [7, 11) is 0. The van der Waals surface area contributed by atoms with E-state index in [9.17, 15) is 36.9 Å². The van der Waals surface area contributed by atoms with Crippen LogP contribution in [0.1, 0.15) is 33.4 Å². The molecule has 0 spiro atoms. The third-order valence-corrected chi connectivity index (χ3v) is 14.6. The lowest BCUT2D eigenvalue weighted by Crippen LogP contribution is -2.06. The van der Waals surface area contributed by atoms with Gasteiger partial charge in [-0.15, -0.1) is 0 Å². The van der Waals surface area contributed by atoms with Crippen LogP contribution in [0.4, 0.5) is 26.3 Å². The fraction of sp³-hybridized carbons (Fsp3) is 0.0606. The van der Waals surface area contributed by atoms with Crippen molar-refractivity contribution in [3.63, 3.8) is 0 Å². The number of rotatable bonds is 7. The van der Waals surface area contributed by atoms with Crippen LogP contribution in [-0.2, 0) is 12.4 Å². The van der Waals surface area contributed by atoms with Crippen LogP contribution in [0, 0.1) is 36.5 Å². The molecule has 0 saturated heterocycles. The van der Waals surface area contributed by atoms with Crippen molar-refractivity contribution in [3.05, 3.63) is 240 Å². The van der Waals surface area contributed by atoms with E-state index >= 15 is 0 Å². The second-order valence-electron chi connectivity index (χ2n) is 19.0. The molecule has 76 heavy (non-hydrogen) atoms. The van der Waals surface area contributed by atoms with Gasteiger partial charge in [-0.05, 0) is 142 Å². The molecule has 0 saturated carbocycles. The second kappa shape index (κ2) is 18.1. The summed E-state index contributed by atoms with van der Waals surface area (Å²) in [4.78, 5) is 0. The van der Waals surface area contributed by atoms with E-state index in [1.165, 1.54) is 24.3 Å². The van der Waals surface area contributed by atoms with Crippen molar-refractivity contribution in [1.82, 2.24) is 9.13 Å². The second-order valence-corrected chi connectivity index (χ2v) is 19.0. The molecule has 0 radical (unpaired) electrons. The van der Waals surface area contributed by atoms with E-state index in [4.69, 9.17) is 0 Å². The molecule has 2 heterocycles. The third-order valence-electron chi connectivity index (χ3n) is 14.6. The summed E-state index contributed by atoms with van der Waals surface area (Å²) in [6, 6.07) is 65.2. The molecule has 10 heteroatoms. The van der Waals surface area contributed by atoms with Gasteiger partial charge >= 0.3 is 12.4 Å². The number of nitriles is 2. The lowest BCUT2D eigenvalue weighted by atomic mass is 9.94. The molecule has 0 unspecified atom stereocenters. The lowest BCUT2D eigenvalue weighted by molar-refractivity contribution is -0.137. The average molecular weight is 1000 g/mol. The van der Waals surface area contributed by atoms with Crippen molar-refractivity contribution >= 4 is 43.6 Å². The third kappa shape index (κ3) is 7.94. The van der Waals surface area contributed by atoms with Crippen molar-refractivity contribution in [2.45, 2.75) is 26.2 Å². The van der Waals surface area contributed by atoms with Crippen LogP contribution in [0.2, 0.25) is 0 Å². The topological polar surface area (TPSA) is 57.4 Å². The monoisotopic (exact) mass is 1000 g/mol. The minimum absolute atomic E-state index is 0.0260. The Bertz CT molecular complexity index is 4160. The zero-order valence-corrected chi connectivity index (χ0v) is 40.7. The van der Waals surface area contributed by atoms with E-state index in [0.717, 1.165) is 78.1 Å². The van der Waals surface area contributed by atoms with Gasteiger partial charge in [-0.25, -0.2) is 0 Å². The summed E-state index contributed by atoms with van der Waals surface area (Å²) >= 11 is 0. The van der Waals surface area contributed by atoms with Gasteiger partial charge in [0.2, 0.25) is 0 Å². The van der Waals surface area contributed by atoms with Gasteiger partial charge in [-0.3, -0.25) is 0 Å². The minimum Gasteiger partial charge on any atom is -0.309 e. The van der Waals surface area contributed by atoms with Crippen molar-refractivity contribution in [2.24, 2.45) is 0 Å². The molecular weight excluding hydrogens is 963 g/mol. The Balaban J connectivity index is 1.11. The molecule has 0 atom stereocenters. The Morgan fingerprint density at radius 3 is 0.947 bits per heavy atom. The summed E-state index contributed by atoms with van der Waals surface area (Å²) in [6.45, 7) is 4.06. The van der Waals surface area contributed by atoms with Crippen molar-refractivity contribution in [2.75, 3.05) is 0 Å². The largest absolute Gasteiger partial charge is 0.417 e. The van der Waals surface area contributed by atoms with Gasteiger partial charge < -0.3 is 9.13 Å². The van der Waals surface area contributed by atoms with E-state index in [1.54, 1.807) is 60.7 Å². The zero-order chi connectivity index (χ0) is 52.6. The standard InChI is InChI=1S/C66H40F6N4/c1-39-11-3-5-13-49(39)41-21-27-53-55-29-23-43(51-15-7-9-17-59(51)65(67,68)69)33-63(55)75(61(53)31-41)47-25-19-45(37-73)57(35-47)58-36-48(26-20-46(58)38-74)76-62-32-42(50-14-6-4-12-40(50)2)22-28-54(62)56-30-24-44(34-64(56)76)52-16-8-10-18-60(52)66(70,71)72/h3-36H,1-2H3. The van der Waals surface area contributed by atoms with Crippen molar-refractivity contribution < 1.29 is 26.3 Å². The van der Waals surface area contributed by atoms with Crippen LogP contribution in [0.25, 0.3) is 111 Å². The zero-order valence-electron chi connectivity index (χ0n) is 40.7. The smallest absolute Gasteiger partial charge is 0.309 e. The fourth-order valence-corrected chi connectivity index (χ4v) is 11.0. The molecule has 0 fully saturated rings. The average Bonchev–Trinajstić information content (AvgIpc) is 3.97. The van der Waals surface area contributed by atoms with Gasteiger partial charge in [0.25, 0.3) is 0 Å². The molecule has 366 valence electrons. The Kier molecular flexibility index (Phi) is 11.3. The number of aromatic nitrogens is 2. The summed E-state index contributed by atoms with van der Waals surface area (Å²) in [5, 5.41) is 25.0. The molecule has 12 aromatic rings. The molecule has 12 rings (SSSR count). The molecule has 0 aliphatic heterocycles. The molecule has 0 amide bonds. The van der Waals surface area contributed by atoms with Gasteiger partial charge in [0.05, 0.1) is 56.5 Å². The predicted octanol–water partition coefficient (Wildman–Crippen LogP) is 18.6. The van der Waals surface area contributed by atoms with Crippen LogP contribution in [-0.4, -0.2) is 9.13 Å². The maximum Gasteiger partial charge on any atom is 0.417 e. The number of alkyl halides is 6. The maximum absolute atomic E-state index is 14.6. The Morgan fingerprint density at radius 2 is 0.632 bits per heavy atom. The predicted molar refractivity (Wildman–Crippen MR) is 291 cm³/mol. The summed E-state index contributed by atoms with van der Waals surface area (Å²) in [5.41, 5.74) is 10.5. The molecular formula is C66H40F6N4. The molecule has 0 aliphatic rings. The SMILES string of the molecule is Cc1ccccc1-c1ccc2c3ccc(-c4ccccc4C(F)(F)F)cc3n(-c3ccc(C#N)c(-c4cc(-n5c6cc(-c7ccccc7C)ccc6c6ccc(-c7ccccc7C(F)(F)F)cc65)ccc4C#N)c3)c2c1. The lowest BCUT2D eigenvalue weighted by Gasteiger charge is -2.16. The highest BCUT2D eigenvalue weighted by molar-refractivity contribution is 6.13. The molecule has 0 bridgehead atoms. The van der Waals surface area contributed by atoms with Crippen LogP contribution in [0.5, 0.6) is 0 Å². The normalized spacial score (nSPS) is 11.9. The highest BCUT2D eigenvalue weighted by Crippen LogP contribution is 2.45. The number of benzene rings is 10. The molecule has 2 aromatic heterocycles. The number of aryl methyl sites for hydroxylation is 2. The fourth-order valence-electron chi connectivity index (χ4n) is 11.0. The highest BCUT2D eigenvalue weighted by Gasteiger charge is 2.35. The molecule has 10 aromatic carbocycles. The Morgan fingerprint density at radius 1 is 0.329 bits per heavy atom. The van der Waals surface area contributed by atoms with Gasteiger partial charge in [0.15, 0.2) is 0 Å². The van der Waals surface area contributed by atoms with E-state index < -0.39 is 23.5 Å².